The largest absolute Gasteiger partial charge is 0.364 e. The van der Waals surface area contributed by atoms with Gasteiger partial charge in [0, 0.05) is 13.1 Å². The topological polar surface area (TPSA) is 93.0 Å². The number of nitrogens with one attached hydrogen (secondary N) is 2. The van der Waals surface area contributed by atoms with Crippen molar-refractivity contribution in [3.05, 3.63) is 16.3 Å². The molecule has 1 heterocycles. The van der Waals surface area contributed by atoms with Crippen LogP contribution in [0.15, 0.2) is 6.20 Å². The van der Waals surface area contributed by atoms with Crippen LogP contribution in [-0.4, -0.2) is 28.0 Å². The van der Waals surface area contributed by atoms with Crippen molar-refractivity contribution >= 4 is 17.5 Å². The van der Waals surface area contributed by atoms with E-state index in [0.717, 1.165) is 19.5 Å². The van der Waals surface area contributed by atoms with E-state index < -0.39 is 4.92 Å². The summed E-state index contributed by atoms with van der Waals surface area (Å²) in [6.45, 7) is 3.53. The summed E-state index contributed by atoms with van der Waals surface area (Å²) in [6.07, 6.45) is 5.83. The molecule has 7 nitrogen and oxygen atoms in total. The maximum Gasteiger partial charge on any atom is 0.329 e. The van der Waals surface area contributed by atoms with Gasteiger partial charge in [-0.25, -0.2) is 4.98 Å². The van der Waals surface area contributed by atoms with Crippen molar-refractivity contribution in [2.24, 2.45) is 5.92 Å². The van der Waals surface area contributed by atoms with Gasteiger partial charge < -0.3 is 10.6 Å². The monoisotopic (exact) mass is 265 g/mol. The summed E-state index contributed by atoms with van der Waals surface area (Å²) in [5, 5.41) is 17.1. The van der Waals surface area contributed by atoms with Crippen LogP contribution < -0.4 is 10.6 Å². The summed E-state index contributed by atoms with van der Waals surface area (Å²) in [4.78, 5) is 18.6. The van der Waals surface area contributed by atoms with E-state index in [1.165, 1.54) is 25.5 Å². The van der Waals surface area contributed by atoms with Crippen molar-refractivity contribution in [1.82, 2.24) is 9.97 Å². The molecule has 1 aromatic rings. The number of rotatable bonds is 7. The zero-order valence-corrected chi connectivity index (χ0v) is 11.1. The molecule has 7 heteroatoms. The molecule has 1 aliphatic carbocycles. The quantitative estimate of drug-likeness (QED) is 0.581. The van der Waals surface area contributed by atoms with Gasteiger partial charge in [-0.3, -0.25) is 10.1 Å². The summed E-state index contributed by atoms with van der Waals surface area (Å²) in [6, 6.07) is 0. The summed E-state index contributed by atoms with van der Waals surface area (Å²) < 4.78 is 0. The SMILES string of the molecule is CCCNc1ncc([N+](=O)[O-])c(NCC2CCC2)n1. The predicted octanol–water partition coefficient (Wildman–Crippen LogP) is 2.42. The van der Waals surface area contributed by atoms with Crippen LogP contribution >= 0.6 is 0 Å². The Kier molecular flexibility index (Phi) is 4.48. The van der Waals surface area contributed by atoms with Crippen molar-refractivity contribution in [3.63, 3.8) is 0 Å². The van der Waals surface area contributed by atoms with Gasteiger partial charge in [0.2, 0.25) is 11.8 Å². The molecule has 0 atom stereocenters. The molecule has 1 aromatic heterocycles. The zero-order chi connectivity index (χ0) is 13.7. The first-order chi connectivity index (χ1) is 9.20. The highest BCUT2D eigenvalue weighted by Gasteiger charge is 2.21. The van der Waals surface area contributed by atoms with E-state index in [4.69, 9.17) is 0 Å². The van der Waals surface area contributed by atoms with E-state index in [2.05, 4.69) is 20.6 Å². The second-order valence-electron chi connectivity index (χ2n) is 4.79. The molecule has 1 aliphatic rings. The molecule has 0 amide bonds. The Hall–Kier alpha value is -1.92. The third-order valence-corrected chi connectivity index (χ3v) is 3.28. The lowest BCUT2D eigenvalue weighted by molar-refractivity contribution is -0.384. The second kappa shape index (κ2) is 6.31. The van der Waals surface area contributed by atoms with Crippen molar-refractivity contribution in [2.45, 2.75) is 32.6 Å². The standard InChI is InChI=1S/C12H19N5O2/c1-2-6-13-12-15-8-10(17(18)19)11(16-12)14-7-9-4-3-5-9/h8-9H,2-7H2,1H3,(H2,13,14,15,16). The van der Waals surface area contributed by atoms with Gasteiger partial charge in [0.25, 0.3) is 0 Å². The molecular formula is C12H19N5O2. The third kappa shape index (κ3) is 3.52. The Morgan fingerprint density at radius 1 is 1.47 bits per heavy atom. The van der Waals surface area contributed by atoms with Crippen LogP contribution in [0.1, 0.15) is 32.6 Å². The van der Waals surface area contributed by atoms with Crippen LogP contribution in [0.4, 0.5) is 17.5 Å². The summed E-state index contributed by atoms with van der Waals surface area (Å²) in [7, 11) is 0. The van der Waals surface area contributed by atoms with E-state index >= 15 is 0 Å². The van der Waals surface area contributed by atoms with Crippen LogP contribution in [-0.2, 0) is 0 Å². The lowest BCUT2D eigenvalue weighted by atomic mass is 9.85. The Bertz CT molecular complexity index is 448. The lowest BCUT2D eigenvalue weighted by Gasteiger charge is -2.25. The molecule has 0 unspecified atom stereocenters. The molecule has 19 heavy (non-hydrogen) atoms. The molecule has 1 fully saturated rings. The number of aromatic nitrogens is 2. The first-order valence-electron chi connectivity index (χ1n) is 6.70. The Morgan fingerprint density at radius 2 is 2.26 bits per heavy atom. The summed E-state index contributed by atoms with van der Waals surface area (Å²) >= 11 is 0. The minimum absolute atomic E-state index is 0.0682. The van der Waals surface area contributed by atoms with E-state index in [0.29, 0.717) is 17.7 Å². The Morgan fingerprint density at radius 3 is 2.84 bits per heavy atom. The Labute approximate surface area is 112 Å². The van der Waals surface area contributed by atoms with E-state index in [1.807, 2.05) is 6.92 Å². The van der Waals surface area contributed by atoms with Gasteiger partial charge in [0.15, 0.2) is 0 Å². The molecule has 104 valence electrons. The maximum absolute atomic E-state index is 10.9. The molecule has 1 saturated carbocycles. The van der Waals surface area contributed by atoms with Crippen LogP contribution in [0.5, 0.6) is 0 Å². The van der Waals surface area contributed by atoms with Gasteiger partial charge in [-0.2, -0.15) is 4.98 Å². The lowest BCUT2D eigenvalue weighted by Crippen LogP contribution is -2.22. The average molecular weight is 265 g/mol. The molecule has 0 spiro atoms. The molecule has 0 saturated heterocycles. The highest BCUT2D eigenvalue weighted by atomic mass is 16.6. The molecular weight excluding hydrogens is 246 g/mol. The summed E-state index contributed by atoms with van der Waals surface area (Å²) in [5.41, 5.74) is -0.0682. The number of nitrogens with zero attached hydrogens (tertiary/aromatic N) is 3. The first kappa shape index (κ1) is 13.5. The van der Waals surface area contributed by atoms with Gasteiger partial charge in [-0.05, 0) is 25.2 Å². The fourth-order valence-electron chi connectivity index (χ4n) is 1.90. The van der Waals surface area contributed by atoms with E-state index in [1.54, 1.807) is 0 Å². The number of hydrogen-bond donors (Lipinski definition) is 2. The van der Waals surface area contributed by atoms with Crippen molar-refractivity contribution in [2.75, 3.05) is 23.7 Å². The van der Waals surface area contributed by atoms with Crippen LogP contribution in [0, 0.1) is 16.0 Å². The molecule has 0 aromatic carbocycles. The third-order valence-electron chi connectivity index (χ3n) is 3.28. The molecule has 0 aliphatic heterocycles. The average Bonchev–Trinajstić information content (AvgIpc) is 2.34. The normalized spacial score (nSPS) is 14.8. The first-order valence-corrected chi connectivity index (χ1v) is 6.70. The van der Waals surface area contributed by atoms with Crippen LogP contribution in [0.2, 0.25) is 0 Å². The van der Waals surface area contributed by atoms with Gasteiger partial charge in [-0.1, -0.05) is 13.3 Å². The number of hydrogen-bond acceptors (Lipinski definition) is 6. The fourth-order valence-corrected chi connectivity index (χ4v) is 1.90. The van der Waals surface area contributed by atoms with Gasteiger partial charge in [-0.15, -0.1) is 0 Å². The minimum atomic E-state index is -0.452. The Balaban J connectivity index is 2.07. The van der Waals surface area contributed by atoms with E-state index in [-0.39, 0.29) is 5.69 Å². The van der Waals surface area contributed by atoms with Gasteiger partial charge in [0.1, 0.15) is 6.20 Å². The van der Waals surface area contributed by atoms with Crippen molar-refractivity contribution in [3.8, 4) is 0 Å². The van der Waals surface area contributed by atoms with Crippen LogP contribution in [0.25, 0.3) is 0 Å². The minimum Gasteiger partial charge on any atom is -0.364 e. The zero-order valence-electron chi connectivity index (χ0n) is 11.1. The number of nitro groups is 1. The fraction of sp³-hybridized carbons (Fsp3) is 0.667. The predicted molar refractivity (Wildman–Crippen MR) is 73.3 cm³/mol. The molecule has 0 bridgehead atoms. The second-order valence-corrected chi connectivity index (χ2v) is 4.79. The van der Waals surface area contributed by atoms with Crippen molar-refractivity contribution in [1.29, 1.82) is 0 Å². The van der Waals surface area contributed by atoms with E-state index in [9.17, 15) is 10.1 Å². The number of anilines is 2. The smallest absolute Gasteiger partial charge is 0.329 e. The molecule has 0 radical (unpaired) electrons. The maximum atomic E-state index is 10.9. The molecule has 2 N–H and O–H groups in total. The van der Waals surface area contributed by atoms with Crippen molar-refractivity contribution < 1.29 is 4.92 Å². The highest BCUT2D eigenvalue weighted by molar-refractivity contribution is 5.56. The summed E-state index contributed by atoms with van der Waals surface area (Å²) in [5.74, 6) is 1.36. The highest BCUT2D eigenvalue weighted by Crippen LogP contribution is 2.28. The van der Waals surface area contributed by atoms with Gasteiger partial charge in [0.05, 0.1) is 4.92 Å². The van der Waals surface area contributed by atoms with Crippen LogP contribution in [0.3, 0.4) is 0 Å². The van der Waals surface area contributed by atoms with Gasteiger partial charge >= 0.3 is 5.69 Å². The molecule has 2 rings (SSSR count).